The van der Waals surface area contributed by atoms with Crippen molar-refractivity contribution < 1.29 is 0 Å². The van der Waals surface area contributed by atoms with Gasteiger partial charge in [0.25, 0.3) is 0 Å². The Hall–Kier alpha value is -1.71. The molecular formula is C11H14N4. The van der Waals surface area contributed by atoms with E-state index in [0.29, 0.717) is 0 Å². The van der Waals surface area contributed by atoms with Gasteiger partial charge in [0.2, 0.25) is 0 Å². The van der Waals surface area contributed by atoms with Crippen LogP contribution >= 0.6 is 0 Å². The van der Waals surface area contributed by atoms with Crippen LogP contribution in [0.15, 0.2) is 24.4 Å². The maximum Gasteiger partial charge on any atom is 0.124 e. The van der Waals surface area contributed by atoms with Crippen LogP contribution in [0.1, 0.15) is 6.42 Å². The molecule has 0 bridgehead atoms. The fraction of sp³-hybridized carbons (Fsp3) is 0.364. The van der Waals surface area contributed by atoms with Crippen molar-refractivity contribution in [1.82, 2.24) is 14.3 Å². The third-order valence-corrected chi connectivity index (χ3v) is 2.84. The largest absolute Gasteiger partial charge is 0.370 e. The summed E-state index contributed by atoms with van der Waals surface area (Å²) in [5.41, 5.74) is 2.21. The molecule has 0 radical (unpaired) electrons. The number of nitrogens with zero attached hydrogens (tertiary/aromatic N) is 3. The zero-order valence-electron chi connectivity index (χ0n) is 8.77. The summed E-state index contributed by atoms with van der Waals surface area (Å²) in [5.74, 6) is 1.14. The van der Waals surface area contributed by atoms with Gasteiger partial charge in [-0.1, -0.05) is 0 Å². The average molecular weight is 202 g/mol. The maximum absolute atomic E-state index is 4.59. The minimum Gasteiger partial charge on any atom is -0.370 e. The molecule has 4 nitrogen and oxygen atoms in total. The number of hydrogen-bond donors (Lipinski definition) is 1. The highest BCUT2D eigenvalue weighted by Crippen LogP contribution is 2.23. The number of aromatic nitrogens is 3. The van der Waals surface area contributed by atoms with Crippen LogP contribution in [0.25, 0.3) is 11.4 Å². The standard InChI is InChI=1S/C11H14N4/c1-14-6-2-4-10(14)9-8-11-12-5-3-7-15(11)13-9/h2,4,6,8,12H,3,5,7H2,1H3. The topological polar surface area (TPSA) is 34.8 Å². The van der Waals surface area contributed by atoms with Gasteiger partial charge in [-0.15, -0.1) is 0 Å². The van der Waals surface area contributed by atoms with Crippen LogP contribution in [0.5, 0.6) is 0 Å². The molecule has 0 aromatic carbocycles. The summed E-state index contributed by atoms with van der Waals surface area (Å²) in [7, 11) is 2.04. The van der Waals surface area contributed by atoms with Crippen LogP contribution in [0.4, 0.5) is 5.82 Å². The molecule has 0 amide bonds. The zero-order valence-corrected chi connectivity index (χ0v) is 8.77. The van der Waals surface area contributed by atoms with Gasteiger partial charge in [-0.25, -0.2) is 4.68 Å². The van der Waals surface area contributed by atoms with E-state index >= 15 is 0 Å². The molecule has 0 fully saturated rings. The molecule has 2 aromatic heterocycles. The monoisotopic (exact) mass is 202 g/mol. The van der Waals surface area contributed by atoms with Gasteiger partial charge in [0.1, 0.15) is 11.5 Å². The molecule has 3 heterocycles. The number of anilines is 1. The van der Waals surface area contributed by atoms with Gasteiger partial charge in [0.15, 0.2) is 0 Å². The number of fused-ring (bicyclic) bond motifs is 1. The molecule has 0 aliphatic carbocycles. The highest BCUT2D eigenvalue weighted by Gasteiger charge is 2.13. The van der Waals surface area contributed by atoms with Crippen molar-refractivity contribution in [3.63, 3.8) is 0 Å². The quantitative estimate of drug-likeness (QED) is 0.764. The van der Waals surface area contributed by atoms with Gasteiger partial charge in [-0.05, 0) is 18.6 Å². The van der Waals surface area contributed by atoms with Crippen molar-refractivity contribution in [3.8, 4) is 11.4 Å². The predicted molar refractivity (Wildman–Crippen MR) is 59.7 cm³/mol. The second-order valence-corrected chi connectivity index (χ2v) is 3.92. The van der Waals surface area contributed by atoms with Gasteiger partial charge >= 0.3 is 0 Å². The lowest BCUT2D eigenvalue weighted by molar-refractivity contribution is 0.568. The molecule has 0 unspecified atom stereocenters. The summed E-state index contributed by atoms with van der Waals surface area (Å²) < 4.78 is 4.14. The molecule has 0 saturated heterocycles. The third-order valence-electron chi connectivity index (χ3n) is 2.84. The summed E-state index contributed by atoms with van der Waals surface area (Å²) in [6.07, 6.45) is 3.20. The Kier molecular flexibility index (Phi) is 1.80. The van der Waals surface area contributed by atoms with Crippen molar-refractivity contribution in [2.24, 2.45) is 7.05 Å². The molecule has 0 spiro atoms. The van der Waals surface area contributed by atoms with Crippen molar-refractivity contribution in [2.75, 3.05) is 11.9 Å². The molecule has 0 saturated carbocycles. The highest BCUT2D eigenvalue weighted by atomic mass is 15.3. The third kappa shape index (κ3) is 1.33. The predicted octanol–water partition coefficient (Wildman–Crippen LogP) is 1.70. The highest BCUT2D eigenvalue weighted by molar-refractivity contribution is 5.60. The van der Waals surface area contributed by atoms with Gasteiger partial charge in [0, 0.05) is 32.4 Å². The second-order valence-electron chi connectivity index (χ2n) is 3.92. The van der Waals surface area contributed by atoms with Crippen molar-refractivity contribution in [2.45, 2.75) is 13.0 Å². The Morgan fingerprint density at radius 3 is 3.13 bits per heavy atom. The molecule has 15 heavy (non-hydrogen) atoms. The van der Waals surface area contributed by atoms with Gasteiger partial charge in [-0.3, -0.25) is 0 Å². The van der Waals surface area contributed by atoms with Gasteiger partial charge < -0.3 is 9.88 Å². The summed E-state index contributed by atoms with van der Waals surface area (Å²) in [4.78, 5) is 0. The van der Waals surface area contributed by atoms with Gasteiger partial charge in [0.05, 0.1) is 5.69 Å². The fourth-order valence-corrected chi connectivity index (χ4v) is 2.03. The zero-order chi connectivity index (χ0) is 10.3. The van der Waals surface area contributed by atoms with Crippen molar-refractivity contribution in [1.29, 1.82) is 0 Å². The van der Waals surface area contributed by atoms with E-state index < -0.39 is 0 Å². The molecule has 3 rings (SSSR count). The number of hydrogen-bond acceptors (Lipinski definition) is 2. The van der Waals surface area contributed by atoms with E-state index in [9.17, 15) is 0 Å². The molecule has 2 aromatic rings. The first-order valence-corrected chi connectivity index (χ1v) is 5.28. The molecule has 1 aliphatic heterocycles. The Morgan fingerprint density at radius 1 is 1.47 bits per heavy atom. The molecular weight excluding hydrogens is 188 g/mol. The number of aryl methyl sites for hydroxylation is 2. The number of nitrogens with one attached hydrogen (secondary N) is 1. The molecule has 0 atom stereocenters. The van der Waals surface area contributed by atoms with Crippen molar-refractivity contribution >= 4 is 5.82 Å². The number of rotatable bonds is 1. The molecule has 1 N–H and O–H groups in total. The van der Waals surface area contributed by atoms with Crippen LogP contribution in [0, 0.1) is 0 Å². The Morgan fingerprint density at radius 2 is 2.40 bits per heavy atom. The van der Waals surface area contributed by atoms with Crippen LogP contribution in [-0.4, -0.2) is 20.9 Å². The smallest absolute Gasteiger partial charge is 0.124 e. The van der Waals surface area contributed by atoms with Crippen LogP contribution in [-0.2, 0) is 13.6 Å². The van der Waals surface area contributed by atoms with Gasteiger partial charge in [-0.2, -0.15) is 5.10 Å². The fourth-order valence-electron chi connectivity index (χ4n) is 2.03. The maximum atomic E-state index is 4.59. The van der Waals surface area contributed by atoms with Crippen LogP contribution in [0.2, 0.25) is 0 Å². The normalized spacial score (nSPS) is 14.7. The first kappa shape index (κ1) is 8.59. The lowest BCUT2D eigenvalue weighted by Crippen LogP contribution is -2.17. The molecule has 78 valence electrons. The van der Waals surface area contributed by atoms with Crippen LogP contribution < -0.4 is 5.32 Å². The Balaban J connectivity index is 2.06. The summed E-state index contributed by atoms with van der Waals surface area (Å²) in [6, 6.07) is 6.25. The van der Waals surface area contributed by atoms with E-state index in [1.54, 1.807) is 0 Å². The van der Waals surface area contributed by atoms with Crippen molar-refractivity contribution in [3.05, 3.63) is 24.4 Å². The molecule has 4 heteroatoms. The van der Waals surface area contributed by atoms with E-state index in [1.807, 2.05) is 24.0 Å². The van der Waals surface area contributed by atoms with E-state index in [2.05, 4.69) is 27.1 Å². The first-order chi connectivity index (χ1) is 7.34. The summed E-state index contributed by atoms with van der Waals surface area (Å²) in [6.45, 7) is 2.07. The summed E-state index contributed by atoms with van der Waals surface area (Å²) >= 11 is 0. The molecule has 1 aliphatic rings. The van der Waals surface area contributed by atoms with Crippen LogP contribution in [0.3, 0.4) is 0 Å². The lowest BCUT2D eigenvalue weighted by Gasteiger charge is -2.14. The first-order valence-electron chi connectivity index (χ1n) is 5.28. The van der Waals surface area contributed by atoms with E-state index in [4.69, 9.17) is 0 Å². The minimum absolute atomic E-state index is 1.02. The SMILES string of the molecule is Cn1cccc1-c1cc2n(n1)CCCN2. The lowest BCUT2D eigenvalue weighted by atomic mass is 10.3. The summed E-state index contributed by atoms with van der Waals surface area (Å²) in [5, 5.41) is 7.94. The average Bonchev–Trinajstić information content (AvgIpc) is 2.82. The van der Waals surface area contributed by atoms with E-state index in [1.165, 1.54) is 5.69 Å². The van der Waals surface area contributed by atoms with E-state index in [0.717, 1.165) is 31.0 Å². The Labute approximate surface area is 88.5 Å². The second kappa shape index (κ2) is 3.15. The Bertz CT molecular complexity index is 457. The minimum atomic E-state index is 1.02. The van der Waals surface area contributed by atoms with E-state index in [-0.39, 0.29) is 0 Å².